The Balaban J connectivity index is 2.03. The second kappa shape index (κ2) is 6.34. The first-order chi connectivity index (χ1) is 8.65. The molecular weight excluding hydrogens is 232 g/mol. The fourth-order valence-electron chi connectivity index (χ4n) is 2.50. The Bertz CT molecular complexity index is 313. The van der Waals surface area contributed by atoms with E-state index in [0.717, 1.165) is 25.7 Å². The van der Waals surface area contributed by atoms with Crippen LogP contribution < -0.4 is 0 Å². The Labute approximate surface area is 108 Å². The van der Waals surface area contributed by atoms with Gasteiger partial charge in [-0.3, -0.25) is 4.79 Å². The minimum absolute atomic E-state index is 0.0306. The van der Waals surface area contributed by atoms with Crippen molar-refractivity contribution in [1.82, 2.24) is 0 Å². The van der Waals surface area contributed by atoms with Crippen LogP contribution in [0.1, 0.15) is 45.4 Å². The molecule has 4 nitrogen and oxygen atoms in total. The number of fused-ring (bicyclic) bond motifs is 2. The van der Waals surface area contributed by atoms with Gasteiger partial charge in [0.05, 0.1) is 30.8 Å². The van der Waals surface area contributed by atoms with Gasteiger partial charge in [0.1, 0.15) is 0 Å². The van der Waals surface area contributed by atoms with Gasteiger partial charge in [-0.05, 0) is 39.0 Å². The molecule has 1 N–H and O–H groups in total. The molecule has 0 saturated carbocycles. The summed E-state index contributed by atoms with van der Waals surface area (Å²) in [6.07, 6.45) is 7.73. The van der Waals surface area contributed by atoms with E-state index in [1.807, 2.05) is 6.92 Å². The largest absolute Gasteiger partial charge is 0.463 e. The lowest BCUT2D eigenvalue weighted by Crippen LogP contribution is -2.40. The van der Waals surface area contributed by atoms with Crippen LogP contribution >= 0.6 is 0 Å². The summed E-state index contributed by atoms with van der Waals surface area (Å²) in [5.74, 6) is -0.267. The lowest BCUT2D eigenvalue weighted by Gasteiger charge is -2.32. The quantitative estimate of drug-likeness (QED) is 0.530. The monoisotopic (exact) mass is 254 g/mol. The summed E-state index contributed by atoms with van der Waals surface area (Å²) in [6, 6.07) is 0. The molecule has 102 valence electrons. The van der Waals surface area contributed by atoms with Crippen LogP contribution in [0.5, 0.6) is 0 Å². The maximum Gasteiger partial charge on any atom is 0.308 e. The first kappa shape index (κ1) is 13.6. The van der Waals surface area contributed by atoms with Crippen LogP contribution in [0, 0.1) is 0 Å². The van der Waals surface area contributed by atoms with Crippen molar-refractivity contribution < 1.29 is 19.4 Å². The number of hydrogen-bond donors (Lipinski definition) is 1. The normalized spacial score (nSPS) is 38.4. The second-order valence-corrected chi connectivity index (χ2v) is 5.22. The number of aliphatic hydroxyl groups excluding tert-OH is 1. The molecule has 2 bridgehead atoms. The third-order valence-corrected chi connectivity index (χ3v) is 3.56. The average molecular weight is 254 g/mol. The predicted molar refractivity (Wildman–Crippen MR) is 67.1 cm³/mol. The summed E-state index contributed by atoms with van der Waals surface area (Å²) in [7, 11) is 0. The third kappa shape index (κ3) is 3.82. The highest BCUT2D eigenvalue weighted by Crippen LogP contribution is 2.24. The molecule has 4 heteroatoms. The van der Waals surface area contributed by atoms with Crippen molar-refractivity contribution in [3.8, 4) is 0 Å². The Hall–Kier alpha value is -0.870. The van der Waals surface area contributed by atoms with Crippen LogP contribution in [-0.4, -0.2) is 35.5 Å². The van der Waals surface area contributed by atoms with Crippen LogP contribution in [0.3, 0.4) is 0 Å². The molecule has 1 saturated heterocycles. The fraction of sp³-hybridized carbons (Fsp3) is 0.786. The van der Waals surface area contributed by atoms with Crippen molar-refractivity contribution in [2.45, 2.75) is 69.9 Å². The predicted octanol–water partition coefficient (Wildman–Crippen LogP) is 1.96. The van der Waals surface area contributed by atoms with Gasteiger partial charge in [-0.2, -0.15) is 0 Å². The number of allylic oxidation sites excluding steroid dienone is 1. The molecule has 0 radical (unpaired) electrons. The van der Waals surface area contributed by atoms with E-state index in [4.69, 9.17) is 9.47 Å². The summed E-state index contributed by atoms with van der Waals surface area (Å²) in [4.78, 5) is 11.7. The van der Waals surface area contributed by atoms with Gasteiger partial charge in [0.15, 0.2) is 0 Å². The lowest BCUT2D eigenvalue weighted by atomic mass is 9.98. The molecule has 1 fully saturated rings. The fourth-order valence-corrected chi connectivity index (χ4v) is 2.50. The average Bonchev–Trinajstić information content (AvgIpc) is 2.31. The Morgan fingerprint density at radius 1 is 1.33 bits per heavy atom. The molecule has 4 atom stereocenters. The molecule has 2 aliphatic heterocycles. The molecular formula is C14H22O4. The number of aliphatic hydroxyl groups is 1. The SMILES string of the molecule is C[C@H]1CCCC=C[C@H]2CC[C@H](O)[C@@H](CC(=O)O1)O2. The van der Waals surface area contributed by atoms with Crippen molar-refractivity contribution in [2.24, 2.45) is 0 Å². The number of carbonyl (C=O) groups is 1. The van der Waals surface area contributed by atoms with Gasteiger partial charge in [0, 0.05) is 0 Å². The van der Waals surface area contributed by atoms with Gasteiger partial charge in [0.2, 0.25) is 0 Å². The first-order valence-electron chi connectivity index (χ1n) is 6.85. The number of hydrogen-bond acceptors (Lipinski definition) is 4. The van der Waals surface area contributed by atoms with E-state index in [1.165, 1.54) is 0 Å². The number of ether oxygens (including phenoxy) is 2. The molecule has 2 aliphatic rings. The lowest BCUT2D eigenvalue weighted by molar-refractivity contribution is -0.160. The summed E-state index contributed by atoms with van der Waals surface area (Å²) in [5.41, 5.74) is 0. The van der Waals surface area contributed by atoms with E-state index in [1.54, 1.807) is 0 Å². The molecule has 0 aromatic rings. The van der Waals surface area contributed by atoms with Gasteiger partial charge in [-0.1, -0.05) is 12.2 Å². The highest BCUT2D eigenvalue weighted by Gasteiger charge is 2.31. The Morgan fingerprint density at radius 2 is 2.17 bits per heavy atom. The van der Waals surface area contributed by atoms with Crippen molar-refractivity contribution >= 4 is 5.97 Å². The van der Waals surface area contributed by atoms with Gasteiger partial charge < -0.3 is 14.6 Å². The molecule has 18 heavy (non-hydrogen) atoms. The number of cyclic esters (lactones) is 1. The first-order valence-corrected chi connectivity index (χ1v) is 6.85. The van der Waals surface area contributed by atoms with Crippen molar-refractivity contribution in [2.75, 3.05) is 0 Å². The van der Waals surface area contributed by atoms with Crippen LogP contribution in [0.15, 0.2) is 12.2 Å². The van der Waals surface area contributed by atoms with E-state index in [-0.39, 0.29) is 24.6 Å². The number of esters is 1. The van der Waals surface area contributed by atoms with Crippen LogP contribution in [0.2, 0.25) is 0 Å². The zero-order valence-electron chi connectivity index (χ0n) is 10.9. The number of rotatable bonds is 0. The molecule has 0 aliphatic carbocycles. The second-order valence-electron chi connectivity index (χ2n) is 5.22. The molecule has 0 aromatic heterocycles. The summed E-state index contributed by atoms with van der Waals surface area (Å²) in [5, 5.41) is 9.85. The highest BCUT2D eigenvalue weighted by atomic mass is 16.5. The number of carbonyl (C=O) groups excluding carboxylic acids is 1. The summed E-state index contributed by atoms with van der Waals surface area (Å²) in [6.45, 7) is 1.91. The minimum atomic E-state index is -0.555. The molecule has 0 spiro atoms. The van der Waals surface area contributed by atoms with Gasteiger partial charge in [0.25, 0.3) is 0 Å². The van der Waals surface area contributed by atoms with Gasteiger partial charge in [-0.25, -0.2) is 0 Å². The van der Waals surface area contributed by atoms with Crippen molar-refractivity contribution in [3.63, 3.8) is 0 Å². The maximum atomic E-state index is 11.7. The molecule has 2 rings (SSSR count). The van der Waals surface area contributed by atoms with Gasteiger partial charge in [-0.15, -0.1) is 0 Å². The zero-order chi connectivity index (χ0) is 13.0. The molecule has 0 unspecified atom stereocenters. The van der Waals surface area contributed by atoms with E-state index < -0.39 is 12.2 Å². The molecule has 2 heterocycles. The maximum absolute atomic E-state index is 11.7. The Kier molecular flexibility index (Phi) is 4.78. The minimum Gasteiger partial charge on any atom is -0.463 e. The third-order valence-electron chi connectivity index (χ3n) is 3.56. The molecule has 0 amide bonds. The summed E-state index contributed by atoms with van der Waals surface area (Å²) < 4.78 is 11.0. The van der Waals surface area contributed by atoms with Crippen molar-refractivity contribution in [1.29, 1.82) is 0 Å². The smallest absolute Gasteiger partial charge is 0.308 e. The van der Waals surface area contributed by atoms with E-state index >= 15 is 0 Å². The Morgan fingerprint density at radius 3 is 3.00 bits per heavy atom. The topological polar surface area (TPSA) is 55.8 Å². The van der Waals surface area contributed by atoms with Gasteiger partial charge >= 0.3 is 5.97 Å². The van der Waals surface area contributed by atoms with Crippen LogP contribution in [0.25, 0.3) is 0 Å². The summed E-state index contributed by atoms with van der Waals surface area (Å²) >= 11 is 0. The van der Waals surface area contributed by atoms with Crippen LogP contribution in [-0.2, 0) is 14.3 Å². The van der Waals surface area contributed by atoms with Crippen LogP contribution in [0.4, 0.5) is 0 Å². The van der Waals surface area contributed by atoms with Crippen molar-refractivity contribution in [3.05, 3.63) is 12.2 Å². The molecule has 0 aromatic carbocycles. The van der Waals surface area contributed by atoms with E-state index in [0.29, 0.717) is 6.42 Å². The van der Waals surface area contributed by atoms with E-state index in [2.05, 4.69) is 12.2 Å². The standard InChI is InChI=1S/C14H22O4/c1-10-5-3-2-4-6-11-7-8-12(15)13(18-11)9-14(16)17-10/h4,6,10-13,15H,2-3,5,7-9H2,1H3/t10-,11-,12-,13+/m0/s1. The van der Waals surface area contributed by atoms with E-state index in [9.17, 15) is 9.90 Å². The zero-order valence-corrected chi connectivity index (χ0v) is 10.9. The highest BCUT2D eigenvalue weighted by molar-refractivity contribution is 5.70.